The fourth-order valence-electron chi connectivity index (χ4n) is 1.30. The molecule has 15 heavy (non-hydrogen) atoms. The summed E-state index contributed by atoms with van der Waals surface area (Å²) in [6, 6.07) is 2.59. The third-order valence-electron chi connectivity index (χ3n) is 2.42. The first-order valence-corrected chi connectivity index (χ1v) is 7.76. The van der Waals surface area contributed by atoms with E-state index in [2.05, 4.69) is 30.6 Å². The topological polar surface area (TPSA) is 29.1 Å². The van der Waals surface area contributed by atoms with Crippen molar-refractivity contribution < 1.29 is 4.21 Å². The lowest BCUT2D eigenvalue weighted by Crippen LogP contribution is -2.26. The van der Waals surface area contributed by atoms with Crippen molar-refractivity contribution in [2.24, 2.45) is 0 Å². The second-order valence-corrected chi connectivity index (χ2v) is 6.43. The van der Waals surface area contributed by atoms with E-state index in [1.54, 1.807) is 17.6 Å². The number of hydrogen-bond donors (Lipinski definition) is 1. The van der Waals surface area contributed by atoms with E-state index in [-0.39, 0.29) is 0 Å². The molecule has 0 spiro atoms. The summed E-state index contributed by atoms with van der Waals surface area (Å²) in [4.78, 5) is 1.40. The first kappa shape index (κ1) is 12.9. The van der Waals surface area contributed by atoms with Crippen LogP contribution in [0.2, 0.25) is 0 Å². The summed E-state index contributed by atoms with van der Waals surface area (Å²) in [5.74, 6) is 0.789. The fraction of sp³-hybridized carbons (Fsp3) is 0.636. The van der Waals surface area contributed by atoms with Crippen LogP contribution in [0.25, 0.3) is 0 Å². The molecule has 2 unspecified atom stereocenters. The minimum Gasteiger partial charge on any atom is -0.309 e. The molecule has 0 saturated carbocycles. The summed E-state index contributed by atoms with van der Waals surface area (Å²) in [6.07, 6.45) is 2.74. The number of aryl methyl sites for hydroxylation is 1. The molecule has 0 fully saturated rings. The standard InChI is InChI=1S/C11H19NOS2/c1-9-4-6-14-11(9)8-12-10(2)5-7-15(3)13/h4,6,10,12H,5,7-8H2,1-3H3. The van der Waals surface area contributed by atoms with Gasteiger partial charge in [0.05, 0.1) is 0 Å². The van der Waals surface area contributed by atoms with Crippen LogP contribution in [0.15, 0.2) is 11.4 Å². The van der Waals surface area contributed by atoms with Gasteiger partial charge >= 0.3 is 0 Å². The maximum atomic E-state index is 10.9. The van der Waals surface area contributed by atoms with Gasteiger partial charge in [-0.15, -0.1) is 11.3 Å². The van der Waals surface area contributed by atoms with Crippen molar-refractivity contribution in [1.82, 2.24) is 5.32 Å². The van der Waals surface area contributed by atoms with Crippen LogP contribution in [0.3, 0.4) is 0 Å². The summed E-state index contributed by atoms with van der Waals surface area (Å²) in [5.41, 5.74) is 1.36. The quantitative estimate of drug-likeness (QED) is 0.833. The Morgan fingerprint density at radius 3 is 2.87 bits per heavy atom. The highest BCUT2D eigenvalue weighted by Gasteiger charge is 2.04. The van der Waals surface area contributed by atoms with Crippen LogP contribution in [-0.2, 0) is 17.3 Å². The number of rotatable bonds is 6. The van der Waals surface area contributed by atoms with Crippen LogP contribution in [0, 0.1) is 6.92 Å². The summed E-state index contributed by atoms with van der Waals surface area (Å²) in [6.45, 7) is 5.22. The SMILES string of the molecule is Cc1ccsc1CNC(C)CCS(C)=O. The van der Waals surface area contributed by atoms with E-state index in [0.717, 1.165) is 18.7 Å². The molecule has 1 N–H and O–H groups in total. The lowest BCUT2D eigenvalue weighted by Gasteiger charge is -2.12. The summed E-state index contributed by atoms with van der Waals surface area (Å²) in [7, 11) is -0.668. The molecule has 0 aromatic carbocycles. The van der Waals surface area contributed by atoms with Gasteiger partial charge in [0.1, 0.15) is 0 Å². The number of nitrogens with one attached hydrogen (secondary N) is 1. The summed E-state index contributed by atoms with van der Waals surface area (Å²) in [5, 5.41) is 5.58. The predicted octanol–water partition coefficient (Wildman–Crippen LogP) is 2.30. The monoisotopic (exact) mass is 245 g/mol. The van der Waals surface area contributed by atoms with Crippen molar-refractivity contribution in [3.05, 3.63) is 21.9 Å². The van der Waals surface area contributed by atoms with Crippen LogP contribution in [-0.4, -0.2) is 22.3 Å². The molecular weight excluding hydrogens is 226 g/mol. The van der Waals surface area contributed by atoms with Crippen LogP contribution in [0.5, 0.6) is 0 Å². The molecule has 1 rings (SSSR count). The lowest BCUT2D eigenvalue weighted by atomic mass is 10.2. The van der Waals surface area contributed by atoms with Crippen LogP contribution < -0.4 is 5.32 Å². The molecule has 2 nitrogen and oxygen atoms in total. The van der Waals surface area contributed by atoms with Gasteiger partial charge in [0.15, 0.2) is 0 Å². The van der Waals surface area contributed by atoms with Gasteiger partial charge in [0, 0.05) is 40.3 Å². The van der Waals surface area contributed by atoms with E-state index >= 15 is 0 Å². The van der Waals surface area contributed by atoms with Crippen LogP contribution in [0.1, 0.15) is 23.8 Å². The van der Waals surface area contributed by atoms with Gasteiger partial charge in [-0.1, -0.05) is 0 Å². The molecule has 1 aromatic heterocycles. The van der Waals surface area contributed by atoms with Crippen molar-refractivity contribution in [1.29, 1.82) is 0 Å². The van der Waals surface area contributed by atoms with Crippen molar-refractivity contribution >= 4 is 22.1 Å². The molecular formula is C11H19NOS2. The minimum atomic E-state index is -0.668. The van der Waals surface area contributed by atoms with Crippen LogP contribution in [0.4, 0.5) is 0 Å². The first-order valence-electron chi connectivity index (χ1n) is 5.16. The van der Waals surface area contributed by atoms with E-state index in [9.17, 15) is 4.21 Å². The molecule has 0 saturated heterocycles. The van der Waals surface area contributed by atoms with E-state index in [0.29, 0.717) is 6.04 Å². The molecule has 86 valence electrons. The minimum absolute atomic E-state index is 0.440. The maximum absolute atomic E-state index is 10.9. The largest absolute Gasteiger partial charge is 0.309 e. The highest BCUT2D eigenvalue weighted by Crippen LogP contribution is 2.15. The zero-order valence-electron chi connectivity index (χ0n) is 9.58. The van der Waals surface area contributed by atoms with E-state index in [1.807, 2.05) is 0 Å². The Kier molecular flexibility index (Phi) is 5.50. The normalized spacial score (nSPS) is 15.1. The molecule has 0 aliphatic rings. The number of hydrogen-bond acceptors (Lipinski definition) is 3. The molecule has 0 radical (unpaired) electrons. The Morgan fingerprint density at radius 1 is 1.60 bits per heavy atom. The van der Waals surface area contributed by atoms with Crippen molar-refractivity contribution in [2.75, 3.05) is 12.0 Å². The van der Waals surface area contributed by atoms with Gasteiger partial charge in [-0.25, -0.2) is 0 Å². The Labute approximate surface area is 98.6 Å². The Bertz CT molecular complexity index is 322. The van der Waals surface area contributed by atoms with Crippen molar-refractivity contribution in [2.45, 2.75) is 32.9 Å². The van der Waals surface area contributed by atoms with E-state index in [1.165, 1.54) is 10.4 Å². The van der Waals surface area contributed by atoms with Gasteiger partial charge in [-0.3, -0.25) is 4.21 Å². The zero-order chi connectivity index (χ0) is 11.3. The number of thiophene rings is 1. The molecule has 1 aromatic rings. The van der Waals surface area contributed by atoms with Crippen molar-refractivity contribution in [3.63, 3.8) is 0 Å². The smallest absolute Gasteiger partial charge is 0.0304 e. The highest BCUT2D eigenvalue weighted by atomic mass is 32.2. The zero-order valence-corrected chi connectivity index (χ0v) is 11.2. The lowest BCUT2D eigenvalue weighted by molar-refractivity contribution is 0.537. The summed E-state index contributed by atoms with van der Waals surface area (Å²) < 4.78 is 10.9. The molecule has 1 heterocycles. The van der Waals surface area contributed by atoms with Gasteiger partial charge in [0.25, 0.3) is 0 Å². The third-order valence-corrected chi connectivity index (χ3v) is 4.25. The Balaban J connectivity index is 2.25. The average molecular weight is 245 g/mol. The predicted molar refractivity (Wildman–Crippen MR) is 68.9 cm³/mol. The molecule has 0 aliphatic carbocycles. The molecule has 4 heteroatoms. The fourth-order valence-corrected chi connectivity index (χ4v) is 2.84. The molecule has 0 bridgehead atoms. The maximum Gasteiger partial charge on any atom is 0.0304 e. The second kappa shape index (κ2) is 6.40. The average Bonchev–Trinajstić information content (AvgIpc) is 2.58. The van der Waals surface area contributed by atoms with Gasteiger partial charge in [-0.2, -0.15) is 0 Å². The summed E-state index contributed by atoms with van der Waals surface area (Å²) >= 11 is 1.79. The molecule has 2 atom stereocenters. The van der Waals surface area contributed by atoms with Gasteiger partial charge in [0.2, 0.25) is 0 Å². The first-order chi connectivity index (χ1) is 7.09. The van der Waals surface area contributed by atoms with E-state index in [4.69, 9.17) is 0 Å². The molecule has 0 amide bonds. The van der Waals surface area contributed by atoms with E-state index < -0.39 is 10.8 Å². The highest BCUT2D eigenvalue weighted by molar-refractivity contribution is 7.84. The van der Waals surface area contributed by atoms with Gasteiger partial charge in [-0.05, 0) is 37.3 Å². The molecule has 0 aliphatic heterocycles. The second-order valence-electron chi connectivity index (χ2n) is 3.87. The van der Waals surface area contributed by atoms with Crippen LogP contribution >= 0.6 is 11.3 Å². The van der Waals surface area contributed by atoms with Gasteiger partial charge < -0.3 is 5.32 Å². The third kappa shape index (κ3) is 4.91. The Hall–Kier alpha value is -0.190. The Morgan fingerprint density at radius 2 is 2.33 bits per heavy atom. The van der Waals surface area contributed by atoms with Crippen molar-refractivity contribution in [3.8, 4) is 0 Å².